The lowest BCUT2D eigenvalue weighted by Gasteiger charge is -2.30. The second-order valence-electron chi connectivity index (χ2n) is 6.59. The van der Waals surface area contributed by atoms with Gasteiger partial charge in [0.25, 0.3) is 0 Å². The Hall–Kier alpha value is -3.94. The summed E-state index contributed by atoms with van der Waals surface area (Å²) >= 11 is 0. The van der Waals surface area contributed by atoms with Crippen LogP contribution in [0.15, 0.2) is 72.1 Å². The van der Waals surface area contributed by atoms with Crippen molar-refractivity contribution in [2.75, 3.05) is 26.2 Å². The van der Waals surface area contributed by atoms with Crippen molar-refractivity contribution in [3.63, 3.8) is 0 Å². The fourth-order valence-electron chi connectivity index (χ4n) is 3.31. The molecule has 0 saturated heterocycles. The fraction of sp³-hybridized carbons (Fsp3) is 0.174. The molecular formula is C23H20FNO6. The third-order valence-corrected chi connectivity index (χ3v) is 4.79. The summed E-state index contributed by atoms with van der Waals surface area (Å²) in [4.78, 5) is 38.4. The molecule has 0 saturated carbocycles. The van der Waals surface area contributed by atoms with Crippen molar-refractivity contribution < 1.29 is 33.0 Å². The minimum absolute atomic E-state index is 0.119. The highest BCUT2D eigenvalue weighted by Crippen LogP contribution is 2.38. The van der Waals surface area contributed by atoms with Crippen molar-refractivity contribution in [3.8, 4) is 0 Å². The van der Waals surface area contributed by atoms with Crippen LogP contribution in [0, 0.1) is 5.82 Å². The molecule has 0 bridgehead atoms. The summed E-state index contributed by atoms with van der Waals surface area (Å²) in [7, 11) is 3.72. The summed E-state index contributed by atoms with van der Waals surface area (Å²) in [6, 6.07) is 12.0. The van der Waals surface area contributed by atoms with Crippen molar-refractivity contribution in [3.05, 3.63) is 89.0 Å². The van der Waals surface area contributed by atoms with E-state index in [1.807, 2.05) is 0 Å². The van der Waals surface area contributed by atoms with E-state index in [1.54, 1.807) is 30.3 Å². The molecule has 0 aromatic heterocycles. The summed E-state index contributed by atoms with van der Waals surface area (Å²) in [5, 5.41) is 0. The van der Waals surface area contributed by atoms with Gasteiger partial charge in [-0.3, -0.25) is 0 Å². The monoisotopic (exact) mass is 425 g/mol. The average molecular weight is 425 g/mol. The van der Waals surface area contributed by atoms with E-state index in [-0.39, 0.29) is 11.1 Å². The highest BCUT2D eigenvalue weighted by molar-refractivity contribution is 6.00. The molecule has 31 heavy (non-hydrogen) atoms. The van der Waals surface area contributed by atoms with E-state index in [4.69, 9.17) is 14.2 Å². The van der Waals surface area contributed by atoms with Gasteiger partial charge in [-0.1, -0.05) is 12.1 Å². The maximum Gasteiger partial charge on any atom is 0.337 e. The Morgan fingerprint density at radius 2 is 1.35 bits per heavy atom. The normalized spacial score (nSPS) is 13.7. The minimum Gasteiger partial charge on any atom is -0.466 e. The van der Waals surface area contributed by atoms with E-state index in [0.717, 1.165) is 0 Å². The van der Waals surface area contributed by atoms with Crippen LogP contribution < -0.4 is 4.90 Å². The topological polar surface area (TPSA) is 82.1 Å². The first kappa shape index (κ1) is 21.8. The number of ether oxygens (including phenoxy) is 3. The molecule has 3 rings (SSSR count). The van der Waals surface area contributed by atoms with Crippen LogP contribution in [0.3, 0.4) is 0 Å². The molecule has 8 heteroatoms. The zero-order valence-electron chi connectivity index (χ0n) is 17.1. The van der Waals surface area contributed by atoms with Crippen molar-refractivity contribution in [1.29, 1.82) is 0 Å². The molecule has 0 spiro atoms. The molecule has 1 heterocycles. The fourth-order valence-corrected chi connectivity index (χ4v) is 3.31. The van der Waals surface area contributed by atoms with E-state index < -0.39 is 29.6 Å². The molecule has 160 valence electrons. The molecule has 1 aliphatic heterocycles. The second-order valence-corrected chi connectivity index (χ2v) is 6.59. The van der Waals surface area contributed by atoms with Gasteiger partial charge in [0.1, 0.15) is 5.82 Å². The number of benzene rings is 2. The Balaban J connectivity index is 2.13. The average Bonchev–Trinajstić information content (AvgIpc) is 2.81. The Bertz CT molecular complexity index is 1040. The van der Waals surface area contributed by atoms with Gasteiger partial charge in [-0.05, 0) is 42.0 Å². The van der Waals surface area contributed by atoms with E-state index in [2.05, 4.69) is 0 Å². The molecule has 0 aliphatic carbocycles. The molecule has 1 aliphatic rings. The highest BCUT2D eigenvalue weighted by Gasteiger charge is 2.35. The van der Waals surface area contributed by atoms with E-state index >= 15 is 0 Å². The van der Waals surface area contributed by atoms with E-state index in [1.165, 1.54) is 56.8 Å². The Kier molecular flexibility index (Phi) is 6.49. The molecule has 2 aromatic carbocycles. The zero-order chi connectivity index (χ0) is 22.5. The van der Waals surface area contributed by atoms with Crippen molar-refractivity contribution >= 4 is 23.6 Å². The van der Waals surface area contributed by atoms with Gasteiger partial charge in [-0.15, -0.1) is 0 Å². The lowest BCUT2D eigenvalue weighted by Crippen LogP contribution is -2.28. The number of halogens is 1. The number of hydrogen-bond donors (Lipinski definition) is 0. The van der Waals surface area contributed by atoms with Crippen LogP contribution in [-0.4, -0.2) is 39.2 Å². The van der Waals surface area contributed by atoms with Gasteiger partial charge in [-0.2, -0.15) is 0 Å². The van der Waals surface area contributed by atoms with E-state index in [0.29, 0.717) is 16.8 Å². The van der Waals surface area contributed by atoms with Crippen LogP contribution >= 0.6 is 0 Å². The quantitative estimate of drug-likeness (QED) is 0.537. The van der Waals surface area contributed by atoms with Crippen molar-refractivity contribution in [1.82, 2.24) is 0 Å². The molecule has 0 fully saturated rings. The number of rotatable bonds is 5. The summed E-state index contributed by atoms with van der Waals surface area (Å²) < 4.78 is 28.4. The predicted octanol–water partition coefficient (Wildman–Crippen LogP) is 3.33. The molecular weight excluding hydrogens is 405 g/mol. The summed E-state index contributed by atoms with van der Waals surface area (Å²) in [6.07, 6.45) is 3.00. The molecule has 0 unspecified atom stereocenters. The van der Waals surface area contributed by atoms with Crippen LogP contribution in [0.5, 0.6) is 0 Å². The first-order chi connectivity index (χ1) is 14.9. The Labute approximate surface area is 178 Å². The van der Waals surface area contributed by atoms with Crippen LogP contribution in [0.1, 0.15) is 21.8 Å². The molecule has 0 atom stereocenters. The maximum atomic E-state index is 13.9. The van der Waals surface area contributed by atoms with Crippen molar-refractivity contribution in [2.24, 2.45) is 0 Å². The lowest BCUT2D eigenvalue weighted by molar-refractivity contribution is -0.137. The van der Waals surface area contributed by atoms with Gasteiger partial charge in [0.2, 0.25) is 0 Å². The lowest BCUT2D eigenvalue weighted by atomic mass is 9.83. The molecule has 7 nitrogen and oxygen atoms in total. The Morgan fingerprint density at radius 3 is 1.84 bits per heavy atom. The molecule has 0 N–H and O–H groups in total. The predicted molar refractivity (Wildman–Crippen MR) is 110 cm³/mol. The largest absolute Gasteiger partial charge is 0.466 e. The summed E-state index contributed by atoms with van der Waals surface area (Å²) in [6.45, 7) is 0. The smallest absolute Gasteiger partial charge is 0.337 e. The summed E-state index contributed by atoms with van der Waals surface area (Å²) in [5.41, 5.74) is 1.54. The van der Waals surface area contributed by atoms with Gasteiger partial charge in [0, 0.05) is 18.1 Å². The second kappa shape index (κ2) is 9.25. The molecule has 0 radical (unpaired) electrons. The SMILES string of the molecule is COC(=O)C1=CN(c2ccc(C(=O)OC)cc2)C=C(C(=O)OC)C1c1cccc(F)c1. The number of esters is 3. The van der Waals surface area contributed by atoms with Crippen LogP contribution in [0.25, 0.3) is 0 Å². The standard InChI is InChI=1S/C23H20FNO6/c1-29-21(26)14-7-9-17(10-8-14)25-12-18(22(27)30-2)20(19(13-25)23(28)31-3)15-5-4-6-16(24)11-15/h4-13,20H,1-3H3. The highest BCUT2D eigenvalue weighted by atomic mass is 19.1. The number of carbonyl (C=O) groups is 3. The Morgan fingerprint density at radius 1 is 0.806 bits per heavy atom. The minimum atomic E-state index is -0.888. The van der Waals surface area contributed by atoms with Gasteiger partial charge in [0.05, 0.1) is 44.0 Å². The van der Waals surface area contributed by atoms with Crippen LogP contribution in [-0.2, 0) is 23.8 Å². The van der Waals surface area contributed by atoms with Gasteiger partial charge < -0.3 is 19.1 Å². The van der Waals surface area contributed by atoms with Crippen LogP contribution in [0.4, 0.5) is 10.1 Å². The first-order valence-corrected chi connectivity index (χ1v) is 9.21. The first-order valence-electron chi connectivity index (χ1n) is 9.21. The molecule has 0 amide bonds. The number of anilines is 1. The van der Waals surface area contributed by atoms with Crippen molar-refractivity contribution in [2.45, 2.75) is 5.92 Å². The van der Waals surface area contributed by atoms with Gasteiger partial charge in [0.15, 0.2) is 0 Å². The number of carbonyl (C=O) groups excluding carboxylic acids is 3. The van der Waals surface area contributed by atoms with Gasteiger partial charge in [-0.25, -0.2) is 18.8 Å². The maximum absolute atomic E-state index is 13.9. The van der Waals surface area contributed by atoms with Crippen LogP contribution in [0.2, 0.25) is 0 Å². The molecule has 2 aromatic rings. The number of methoxy groups -OCH3 is 3. The number of hydrogen-bond acceptors (Lipinski definition) is 7. The van der Waals surface area contributed by atoms with E-state index in [9.17, 15) is 18.8 Å². The number of nitrogens with zero attached hydrogens (tertiary/aromatic N) is 1. The zero-order valence-corrected chi connectivity index (χ0v) is 17.1. The van der Waals surface area contributed by atoms with Gasteiger partial charge >= 0.3 is 17.9 Å². The third kappa shape index (κ3) is 4.48. The third-order valence-electron chi connectivity index (χ3n) is 4.79. The summed E-state index contributed by atoms with van der Waals surface area (Å²) in [5.74, 6) is -3.25.